The number of hydrogen-bond acceptors (Lipinski definition) is 0. The molecule has 0 heterocycles. The lowest BCUT2D eigenvalue weighted by Crippen LogP contribution is -2.52. The molecule has 0 bridgehead atoms. The van der Waals surface area contributed by atoms with E-state index >= 15 is 0 Å². The minimum absolute atomic E-state index is 0.523. The van der Waals surface area contributed by atoms with Crippen LogP contribution in [0.25, 0.3) is 0 Å². The van der Waals surface area contributed by atoms with Crippen LogP contribution in [0.2, 0.25) is 22.2 Å². The molecule has 1 fully saturated rings. The molecule has 0 nitrogen and oxygen atoms in total. The second-order valence-electron chi connectivity index (χ2n) is 8.74. The van der Waals surface area contributed by atoms with Crippen molar-refractivity contribution in [3.05, 3.63) is 0 Å². The summed E-state index contributed by atoms with van der Waals surface area (Å²) in [6.45, 7) is 17.8. The molecule has 0 aromatic carbocycles. The van der Waals surface area contributed by atoms with Crippen LogP contribution >= 0.6 is 0 Å². The van der Waals surface area contributed by atoms with Gasteiger partial charge in [0.25, 0.3) is 0 Å². The van der Waals surface area contributed by atoms with Crippen molar-refractivity contribution in [1.82, 2.24) is 0 Å². The molecule has 0 saturated heterocycles. The molecule has 0 N–H and O–H groups in total. The Morgan fingerprint density at radius 3 is 1.33 bits per heavy atom. The van der Waals surface area contributed by atoms with Crippen molar-refractivity contribution >= 4 is 8.07 Å². The van der Waals surface area contributed by atoms with Gasteiger partial charge >= 0.3 is 0 Å². The molecular formula is C17H36Si. The summed E-state index contributed by atoms with van der Waals surface area (Å²) in [5, 5.41) is 1.05. The Kier molecular flexibility index (Phi) is 5.14. The Bertz CT molecular complexity index is 232. The lowest BCUT2D eigenvalue weighted by atomic mass is 10.0. The first-order valence-corrected chi connectivity index (χ1v) is 10.7. The van der Waals surface area contributed by atoms with Crippen LogP contribution < -0.4 is 0 Å². The van der Waals surface area contributed by atoms with Crippen LogP contribution in [0.4, 0.5) is 0 Å². The van der Waals surface area contributed by atoms with Crippen molar-refractivity contribution in [1.29, 1.82) is 0 Å². The van der Waals surface area contributed by atoms with Crippen LogP contribution in [0.1, 0.15) is 86.5 Å². The molecule has 0 amide bonds. The molecule has 0 aromatic rings. The Morgan fingerprint density at radius 2 is 1.00 bits per heavy atom. The van der Waals surface area contributed by atoms with Crippen molar-refractivity contribution in [2.24, 2.45) is 0 Å². The minimum Gasteiger partial charge on any atom is -0.0682 e. The van der Waals surface area contributed by atoms with Crippen LogP contribution in [-0.4, -0.2) is 8.07 Å². The SMILES string of the molecule is CC(C)(C)[Si](C)(C1CCCCCCC1)C(C)(C)C. The van der Waals surface area contributed by atoms with Crippen LogP contribution in [0.3, 0.4) is 0 Å². The largest absolute Gasteiger partial charge is 0.0682 e. The minimum atomic E-state index is -1.31. The van der Waals surface area contributed by atoms with Gasteiger partial charge in [-0.25, -0.2) is 0 Å². The van der Waals surface area contributed by atoms with Gasteiger partial charge in [0.2, 0.25) is 0 Å². The zero-order valence-corrected chi connectivity index (χ0v) is 15.0. The first-order chi connectivity index (χ1) is 8.11. The van der Waals surface area contributed by atoms with Crippen molar-refractivity contribution in [2.45, 2.75) is 109 Å². The summed E-state index contributed by atoms with van der Waals surface area (Å²) in [7, 11) is -1.31. The molecule has 0 radical (unpaired) electrons. The topological polar surface area (TPSA) is 0 Å². The van der Waals surface area contributed by atoms with E-state index in [1.54, 1.807) is 0 Å². The molecule has 0 spiro atoms. The highest BCUT2D eigenvalue weighted by Gasteiger charge is 2.52. The van der Waals surface area contributed by atoms with E-state index in [1.807, 2.05) is 0 Å². The van der Waals surface area contributed by atoms with Gasteiger partial charge in [0.15, 0.2) is 0 Å². The first-order valence-electron chi connectivity index (χ1n) is 8.11. The highest BCUT2D eigenvalue weighted by atomic mass is 28.3. The Balaban J connectivity index is 3.02. The second-order valence-corrected chi connectivity index (χ2v) is 15.0. The van der Waals surface area contributed by atoms with Gasteiger partial charge in [-0.05, 0) is 15.6 Å². The van der Waals surface area contributed by atoms with Crippen LogP contribution in [0.5, 0.6) is 0 Å². The van der Waals surface area contributed by atoms with E-state index in [1.165, 1.54) is 44.9 Å². The molecule has 1 aliphatic rings. The third kappa shape index (κ3) is 3.21. The molecule has 0 unspecified atom stereocenters. The van der Waals surface area contributed by atoms with Gasteiger partial charge in [0.1, 0.15) is 0 Å². The Hall–Kier alpha value is 0.217. The Morgan fingerprint density at radius 1 is 0.667 bits per heavy atom. The summed E-state index contributed by atoms with van der Waals surface area (Å²) >= 11 is 0. The summed E-state index contributed by atoms with van der Waals surface area (Å²) in [6, 6.07) is 0. The molecule has 1 saturated carbocycles. The van der Waals surface area contributed by atoms with E-state index in [2.05, 4.69) is 48.1 Å². The van der Waals surface area contributed by atoms with E-state index in [0.29, 0.717) is 10.1 Å². The van der Waals surface area contributed by atoms with Gasteiger partial charge in [-0.1, -0.05) is 93.0 Å². The van der Waals surface area contributed by atoms with Gasteiger partial charge in [-0.2, -0.15) is 0 Å². The molecule has 18 heavy (non-hydrogen) atoms. The predicted octanol–water partition coefficient (Wildman–Crippen LogP) is 6.78. The van der Waals surface area contributed by atoms with E-state index in [-0.39, 0.29) is 0 Å². The van der Waals surface area contributed by atoms with Gasteiger partial charge < -0.3 is 0 Å². The van der Waals surface area contributed by atoms with Crippen molar-refractivity contribution in [3.8, 4) is 0 Å². The quantitative estimate of drug-likeness (QED) is 0.460. The fourth-order valence-corrected chi connectivity index (χ4v) is 10.6. The monoisotopic (exact) mass is 268 g/mol. The fraction of sp³-hybridized carbons (Fsp3) is 1.00. The maximum atomic E-state index is 2.71. The average molecular weight is 269 g/mol. The normalized spacial score (nSPS) is 21.5. The van der Waals surface area contributed by atoms with E-state index < -0.39 is 8.07 Å². The van der Waals surface area contributed by atoms with Crippen LogP contribution in [0.15, 0.2) is 0 Å². The molecule has 1 aliphatic carbocycles. The zero-order chi connectivity index (χ0) is 14.0. The number of rotatable bonds is 1. The van der Waals surface area contributed by atoms with Crippen LogP contribution in [0, 0.1) is 0 Å². The molecule has 1 rings (SSSR count). The van der Waals surface area contributed by atoms with Crippen molar-refractivity contribution < 1.29 is 0 Å². The average Bonchev–Trinajstić information content (AvgIpc) is 2.12. The lowest BCUT2D eigenvalue weighted by Gasteiger charge is -2.55. The van der Waals surface area contributed by atoms with E-state index in [4.69, 9.17) is 0 Å². The third-order valence-corrected chi connectivity index (χ3v) is 14.5. The summed E-state index contributed by atoms with van der Waals surface area (Å²) in [6.07, 6.45) is 10.4. The molecule has 0 aromatic heterocycles. The molecule has 1 heteroatoms. The van der Waals surface area contributed by atoms with Crippen molar-refractivity contribution in [2.75, 3.05) is 0 Å². The van der Waals surface area contributed by atoms with E-state index in [0.717, 1.165) is 5.54 Å². The Labute approximate surface area is 117 Å². The maximum absolute atomic E-state index is 2.71. The summed E-state index contributed by atoms with van der Waals surface area (Å²) in [5.41, 5.74) is 1.04. The fourth-order valence-electron chi connectivity index (χ4n) is 4.38. The highest BCUT2D eigenvalue weighted by Crippen LogP contribution is 2.59. The van der Waals surface area contributed by atoms with Crippen LogP contribution in [-0.2, 0) is 0 Å². The lowest BCUT2D eigenvalue weighted by molar-refractivity contribution is 0.465. The smallest absolute Gasteiger partial charge is 0.0643 e. The molecule has 0 aliphatic heterocycles. The van der Waals surface area contributed by atoms with Gasteiger partial charge in [-0.15, -0.1) is 0 Å². The van der Waals surface area contributed by atoms with E-state index in [9.17, 15) is 0 Å². The highest BCUT2D eigenvalue weighted by molar-refractivity contribution is 6.85. The maximum Gasteiger partial charge on any atom is 0.0643 e. The predicted molar refractivity (Wildman–Crippen MR) is 87.1 cm³/mol. The first kappa shape index (κ1) is 16.3. The second kappa shape index (κ2) is 5.69. The van der Waals surface area contributed by atoms with Crippen molar-refractivity contribution in [3.63, 3.8) is 0 Å². The summed E-state index contributed by atoms with van der Waals surface area (Å²) < 4.78 is 0. The van der Waals surface area contributed by atoms with Gasteiger partial charge in [-0.3, -0.25) is 0 Å². The standard InChI is InChI=1S/C17H36Si/c1-16(2,3)18(7,17(4,5)6)15-13-11-9-8-10-12-14-15/h15H,8-14H2,1-7H3. The molecule has 0 atom stereocenters. The van der Waals surface area contributed by atoms with Gasteiger partial charge in [0, 0.05) is 0 Å². The summed E-state index contributed by atoms with van der Waals surface area (Å²) in [5.74, 6) is 0. The molecular weight excluding hydrogens is 232 g/mol. The number of hydrogen-bond donors (Lipinski definition) is 0. The molecule has 108 valence electrons. The van der Waals surface area contributed by atoms with Gasteiger partial charge in [0.05, 0.1) is 8.07 Å². The third-order valence-electron chi connectivity index (χ3n) is 6.04. The summed E-state index contributed by atoms with van der Waals surface area (Å²) in [4.78, 5) is 0. The zero-order valence-electron chi connectivity index (χ0n) is 14.0.